The number of ether oxygens (including phenoxy) is 1. The predicted molar refractivity (Wildman–Crippen MR) is 108 cm³/mol. The molecule has 2 aromatic rings. The van der Waals surface area contributed by atoms with Gasteiger partial charge in [0.05, 0.1) is 17.0 Å². The number of cyclic esters (lactones) is 1. The van der Waals surface area contributed by atoms with E-state index in [1.807, 2.05) is 20.8 Å². The van der Waals surface area contributed by atoms with Crippen LogP contribution in [0.25, 0.3) is 0 Å². The quantitative estimate of drug-likeness (QED) is 0.681. The van der Waals surface area contributed by atoms with E-state index in [0.29, 0.717) is 10.7 Å². The molecular weight excluding hydrogens is 398 g/mol. The molecule has 0 amide bonds. The van der Waals surface area contributed by atoms with Gasteiger partial charge in [0.15, 0.2) is 0 Å². The van der Waals surface area contributed by atoms with Crippen LogP contribution in [0.2, 0.25) is 5.02 Å². The number of hydrogen-bond acceptors (Lipinski definition) is 4. The van der Waals surface area contributed by atoms with Gasteiger partial charge in [0.2, 0.25) is 0 Å². The Balaban J connectivity index is 1.88. The largest absolute Gasteiger partial charge is 0.459 e. The van der Waals surface area contributed by atoms with Crippen molar-refractivity contribution in [2.45, 2.75) is 43.6 Å². The molecule has 0 N–H and O–H groups in total. The Morgan fingerprint density at radius 2 is 1.82 bits per heavy atom. The van der Waals surface area contributed by atoms with Crippen LogP contribution >= 0.6 is 11.6 Å². The summed E-state index contributed by atoms with van der Waals surface area (Å²) in [5, 5.41) is 0.517. The summed E-state index contributed by atoms with van der Waals surface area (Å²) < 4.78 is 34.0. The van der Waals surface area contributed by atoms with Gasteiger partial charge >= 0.3 is 5.97 Å². The monoisotopic (exact) mass is 419 g/mol. The maximum absolute atomic E-state index is 13.5. The number of benzene rings is 2. The summed E-state index contributed by atoms with van der Waals surface area (Å²) in [7, 11) is -3.77. The molecule has 2 atom stereocenters. The average Bonchev–Trinajstić information content (AvgIpc) is 2.60. The van der Waals surface area contributed by atoms with E-state index in [0.717, 1.165) is 11.1 Å². The lowest BCUT2D eigenvalue weighted by molar-refractivity contribution is -0.172. The minimum absolute atomic E-state index is 0.130. The Morgan fingerprint density at radius 3 is 2.50 bits per heavy atom. The molecule has 0 spiro atoms. The first-order chi connectivity index (χ1) is 13.1. The highest BCUT2D eigenvalue weighted by molar-refractivity contribution is 7.92. The number of nitrogens with zero attached hydrogens (tertiary/aromatic N) is 1. The standard InChI is InChI=1S/C21H22ClNO4S/c1-13-4-7-15(8-5-13)28(25,26)23-12-18-16(11-20(24)27-21(18,2)3)17-10-14(22)6-9-19(17)23/h4-10,16,18H,11-12H2,1-3H3/t16-,18+/m1/s1. The van der Waals surface area contributed by atoms with Crippen molar-refractivity contribution in [3.63, 3.8) is 0 Å². The molecule has 2 aliphatic heterocycles. The second-order valence-corrected chi connectivity index (χ2v) is 10.3. The van der Waals surface area contributed by atoms with Crippen LogP contribution in [0.1, 0.15) is 37.3 Å². The van der Waals surface area contributed by atoms with E-state index in [1.165, 1.54) is 4.31 Å². The molecular formula is C21H22ClNO4S. The first-order valence-electron chi connectivity index (χ1n) is 9.20. The SMILES string of the molecule is Cc1ccc(S(=O)(=O)N2C[C@H]3[C@H](CC(=O)OC3(C)C)c3cc(Cl)ccc32)cc1. The summed E-state index contributed by atoms with van der Waals surface area (Å²) in [6.45, 7) is 5.84. The zero-order valence-electron chi connectivity index (χ0n) is 16.0. The summed E-state index contributed by atoms with van der Waals surface area (Å²) in [6, 6.07) is 12.0. The van der Waals surface area contributed by atoms with Crippen LogP contribution in [-0.4, -0.2) is 26.5 Å². The third kappa shape index (κ3) is 3.08. The third-order valence-corrected chi connectivity index (χ3v) is 7.80. The van der Waals surface area contributed by atoms with Crippen LogP contribution in [0.15, 0.2) is 47.4 Å². The Hall–Kier alpha value is -2.05. The fourth-order valence-electron chi connectivity index (χ4n) is 4.28. The third-order valence-electron chi connectivity index (χ3n) is 5.77. The van der Waals surface area contributed by atoms with Crippen molar-refractivity contribution in [1.82, 2.24) is 0 Å². The molecule has 2 aromatic carbocycles. The molecule has 5 nitrogen and oxygen atoms in total. The molecule has 0 saturated carbocycles. The van der Waals surface area contributed by atoms with E-state index in [1.54, 1.807) is 42.5 Å². The molecule has 0 bridgehead atoms. The molecule has 2 heterocycles. The van der Waals surface area contributed by atoms with Crippen LogP contribution in [0.4, 0.5) is 5.69 Å². The summed E-state index contributed by atoms with van der Waals surface area (Å²) >= 11 is 6.23. The summed E-state index contributed by atoms with van der Waals surface area (Å²) in [4.78, 5) is 12.4. The maximum Gasteiger partial charge on any atom is 0.306 e. The summed E-state index contributed by atoms with van der Waals surface area (Å²) in [5.41, 5.74) is 1.58. The number of carbonyl (C=O) groups is 1. The minimum atomic E-state index is -3.77. The van der Waals surface area contributed by atoms with Crippen LogP contribution in [0, 0.1) is 12.8 Å². The lowest BCUT2D eigenvalue weighted by atomic mass is 9.71. The average molecular weight is 420 g/mol. The molecule has 4 rings (SSSR count). The van der Waals surface area contributed by atoms with Crippen molar-refractivity contribution in [2.75, 3.05) is 10.8 Å². The second-order valence-electron chi connectivity index (χ2n) is 8.05. The van der Waals surface area contributed by atoms with Crippen molar-refractivity contribution in [3.8, 4) is 0 Å². The maximum atomic E-state index is 13.5. The number of esters is 1. The van der Waals surface area contributed by atoms with E-state index in [9.17, 15) is 13.2 Å². The second kappa shape index (κ2) is 6.49. The van der Waals surface area contributed by atoms with Crippen molar-refractivity contribution in [1.29, 1.82) is 0 Å². The molecule has 0 radical (unpaired) electrons. The first-order valence-corrected chi connectivity index (χ1v) is 11.0. The zero-order valence-corrected chi connectivity index (χ0v) is 17.5. The zero-order chi connectivity index (χ0) is 20.3. The van der Waals surface area contributed by atoms with Gasteiger partial charge in [-0.05, 0) is 56.7 Å². The van der Waals surface area contributed by atoms with Gasteiger partial charge in [-0.3, -0.25) is 9.10 Å². The van der Waals surface area contributed by atoms with Gasteiger partial charge in [0.25, 0.3) is 10.0 Å². The van der Waals surface area contributed by atoms with Crippen LogP contribution < -0.4 is 4.31 Å². The van der Waals surface area contributed by atoms with E-state index in [-0.39, 0.29) is 35.7 Å². The molecule has 7 heteroatoms. The van der Waals surface area contributed by atoms with Gasteiger partial charge in [0, 0.05) is 23.4 Å². The van der Waals surface area contributed by atoms with E-state index < -0.39 is 15.6 Å². The number of halogens is 1. The molecule has 148 valence electrons. The Bertz CT molecular complexity index is 1050. The Morgan fingerprint density at radius 1 is 1.14 bits per heavy atom. The predicted octanol–water partition coefficient (Wildman–Crippen LogP) is 4.28. The van der Waals surface area contributed by atoms with E-state index in [2.05, 4.69) is 0 Å². The number of sulfonamides is 1. The van der Waals surface area contributed by atoms with Crippen molar-refractivity contribution < 1.29 is 17.9 Å². The van der Waals surface area contributed by atoms with E-state index >= 15 is 0 Å². The topological polar surface area (TPSA) is 63.7 Å². The normalized spacial score (nSPS) is 23.6. The number of carbonyl (C=O) groups excluding carboxylic acids is 1. The molecule has 0 aromatic heterocycles. The minimum Gasteiger partial charge on any atom is -0.459 e. The summed E-state index contributed by atoms with van der Waals surface area (Å²) in [5.74, 6) is -0.571. The van der Waals surface area contributed by atoms with E-state index in [4.69, 9.17) is 16.3 Å². The number of aryl methyl sites for hydroxylation is 1. The Labute approximate surface area is 170 Å². The number of fused-ring (bicyclic) bond motifs is 3. The van der Waals surface area contributed by atoms with Gasteiger partial charge in [-0.25, -0.2) is 8.42 Å². The first kappa shape index (κ1) is 19.3. The highest BCUT2D eigenvalue weighted by atomic mass is 35.5. The highest BCUT2D eigenvalue weighted by Gasteiger charge is 2.50. The van der Waals surface area contributed by atoms with Crippen molar-refractivity contribution >= 4 is 33.3 Å². The molecule has 1 saturated heterocycles. The van der Waals surface area contributed by atoms with Crippen LogP contribution in [0.5, 0.6) is 0 Å². The highest BCUT2D eigenvalue weighted by Crippen LogP contribution is 2.50. The number of hydrogen-bond donors (Lipinski definition) is 0. The van der Waals surface area contributed by atoms with Gasteiger partial charge < -0.3 is 4.74 Å². The van der Waals surface area contributed by atoms with Gasteiger partial charge in [-0.15, -0.1) is 0 Å². The number of rotatable bonds is 2. The summed E-state index contributed by atoms with van der Waals surface area (Å²) in [6.07, 6.45) is 0.222. The lowest BCUT2D eigenvalue weighted by Gasteiger charge is -2.49. The van der Waals surface area contributed by atoms with Gasteiger partial charge in [-0.2, -0.15) is 0 Å². The molecule has 1 fully saturated rings. The van der Waals surface area contributed by atoms with Crippen molar-refractivity contribution in [3.05, 3.63) is 58.6 Å². The van der Waals surface area contributed by atoms with Crippen LogP contribution in [-0.2, 0) is 19.6 Å². The van der Waals surface area contributed by atoms with Gasteiger partial charge in [0.1, 0.15) is 5.60 Å². The van der Waals surface area contributed by atoms with Gasteiger partial charge in [-0.1, -0.05) is 29.3 Å². The van der Waals surface area contributed by atoms with Crippen molar-refractivity contribution in [2.24, 2.45) is 5.92 Å². The molecule has 0 unspecified atom stereocenters. The fraction of sp³-hybridized carbons (Fsp3) is 0.381. The Kier molecular flexibility index (Phi) is 4.47. The number of anilines is 1. The molecule has 28 heavy (non-hydrogen) atoms. The fourth-order valence-corrected chi connectivity index (χ4v) is 5.98. The van der Waals surface area contributed by atoms with Crippen LogP contribution in [0.3, 0.4) is 0 Å². The lowest BCUT2D eigenvalue weighted by Crippen LogP contribution is -2.54. The smallest absolute Gasteiger partial charge is 0.306 e. The molecule has 2 aliphatic rings. The molecule has 0 aliphatic carbocycles.